The normalized spacial score (nSPS) is 13.0. The number of nitrogens with one attached hydrogen (secondary N) is 1. The van der Waals surface area contributed by atoms with Crippen LogP contribution in [0.3, 0.4) is 0 Å². The number of nitro benzene ring substituents is 1. The first-order chi connectivity index (χ1) is 12.8. The van der Waals surface area contributed by atoms with E-state index in [9.17, 15) is 19.7 Å². The van der Waals surface area contributed by atoms with Gasteiger partial charge in [0.25, 0.3) is 11.6 Å². The molecule has 0 aliphatic carbocycles. The molecule has 0 fully saturated rings. The van der Waals surface area contributed by atoms with Crippen LogP contribution in [0.5, 0.6) is 5.75 Å². The first-order valence-electron chi connectivity index (χ1n) is 8.35. The molecule has 0 radical (unpaired) electrons. The predicted molar refractivity (Wildman–Crippen MR) is 100 cm³/mol. The maximum absolute atomic E-state index is 12.6. The van der Waals surface area contributed by atoms with Crippen molar-refractivity contribution >= 4 is 28.9 Å². The number of rotatable bonds is 4. The van der Waals surface area contributed by atoms with E-state index in [1.807, 2.05) is 32.9 Å². The molecule has 1 aliphatic heterocycles. The van der Waals surface area contributed by atoms with Gasteiger partial charge in [-0.3, -0.25) is 24.6 Å². The Labute approximate surface area is 155 Å². The number of anilines is 2. The van der Waals surface area contributed by atoms with Crippen LogP contribution in [0.15, 0.2) is 30.3 Å². The molecule has 27 heavy (non-hydrogen) atoms. The van der Waals surface area contributed by atoms with Crippen LogP contribution < -0.4 is 15.0 Å². The Balaban J connectivity index is 1.85. The predicted octanol–water partition coefficient (Wildman–Crippen LogP) is 2.88. The lowest BCUT2D eigenvalue weighted by Crippen LogP contribution is -2.43. The highest BCUT2D eigenvalue weighted by Gasteiger charge is 2.29. The summed E-state index contributed by atoms with van der Waals surface area (Å²) in [4.78, 5) is 36.5. The Morgan fingerprint density at radius 1 is 1.22 bits per heavy atom. The topological polar surface area (TPSA) is 102 Å². The maximum Gasteiger partial charge on any atom is 0.271 e. The van der Waals surface area contributed by atoms with Crippen molar-refractivity contribution in [3.05, 3.63) is 57.1 Å². The van der Waals surface area contributed by atoms with Gasteiger partial charge in [-0.15, -0.1) is 0 Å². The van der Waals surface area contributed by atoms with Crippen LogP contribution in [-0.2, 0) is 9.59 Å². The molecule has 1 heterocycles. The molecular formula is C19H19N3O5. The summed E-state index contributed by atoms with van der Waals surface area (Å²) < 4.78 is 5.31. The minimum Gasteiger partial charge on any atom is -0.482 e. The number of fused-ring (bicyclic) bond motifs is 1. The highest BCUT2D eigenvalue weighted by Crippen LogP contribution is 2.35. The third kappa shape index (κ3) is 3.74. The Kier molecular flexibility index (Phi) is 4.81. The van der Waals surface area contributed by atoms with Crippen molar-refractivity contribution in [1.82, 2.24) is 0 Å². The van der Waals surface area contributed by atoms with Crippen LogP contribution in [-0.4, -0.2) is 29.9 Å². The van der Waals surface area contributed by atoms with Gasteiger partial charge in [0.1, 0.15) is 12.3 Å². The summed E-state index contributed by atoms with van der Waals surface area (Å²) in [7, 11) is 0. The molecule has 0 atom stereocenters. The van der Waals surface area contributed by atoms with Gasteiger partial charge >= 0.3 is 0 Å². The molecule has 3 rings (SSSR count). The molecule has 8 nitrogen and oxygen atoms in total. The van der Waals surface area contributed by atoms with E-state index in [2.05, 4.69) is 5.32 Å². The van der Waals surface area contributed by atoms with Crippen LogP contribution in [0.2, 0.25) is 0 Å². The number of nitro groups is 1. The number of amides is 2. The van der Waals surface area contributed by atoms with Crippen molar-refractivity contribution in [3.63, 3.8) is 0 Å². The Morgan fingerprint density at radius 3 is 2.52 bits per heavy atom. The van der Waals surface area contributed by atoms with E-state index in [0.717, 1.165) is 16.7 Å². The number of aryl methyl sites for hydroxylation is 3. The number of non-ortho nitro benzene ring substituents is 1. The minimum atomic E-state index is -0.559. The molecule has 0 unspecified atom stereocenters. The van der Waals surface area contributed by atoms with Gasteiger partial charge < -0.3 is 10.1 Å². The standard InChI is InChI=1S/C19H19N3O5/c1-11-6-12(2)19(13(3)7-11)20-17(23)9-21-15-8-14(22(25)26)4-5-16(15)27-10-18(21)24/h4-8H,9-10H2,1-3H3,(H,20,23). The average molecular weight is 369 g/mol. The number of hydrogen-bond acceptors (Lipinski definition) is 5. The second-order valence-electron chi connectivity index (χ2n) is 6.50. The molecule has 140 valence electrons. The zero-order valence-electron chi connectivity index (χ0n) is 15.2. The molecule has 1 N–H and O–H groups in total. The Morgan fingerprint density at radius 2 is 1.89 bits per heavy atom. The summed E-state index contributed by atoms with van der Waals surface area (Å²) in [6.45, 7) is 5.29. The third-order valence-corrected chi connectivity index (χ3v) is 4.34. The maximum atomic E-state index is 12.6. The first kappa shape index (κ1) is 18.4. The zero-order valence-corrected chi connectivity index (χ0v) is 15.2. The van der Waals surface area contributed by atoms with Crippen LogP contribution in [0, 0.1) is 30.9 Å². The van der Waals surface area contributed by atoms with Gasteiger partial charge in [0.15, 0.2) is 6.61 Å². The van der Waals surface area contributed by atoms with Crippen LogP contribution in [0.25, 0.3) is 0 Å². The average Bonchev–Trinajstić information content (AvgIpc) is 2.60. The number of benzene rings is 2. The van der Waals surface area contributed by atoms with E-state index in [4.69, 9.17) is 4.74 Å². The molecule has 0 spiro atoms. The molecule has 8 heteroatoms. The smallest absolute Gasteiger partial charge is 0.271 e. The molecule has 0 saturated heterocycles. The summed E-state index contributed by atoms with van der Waals surface area (Å²) in [5.74, 6) is -0.496. The van der Waals surface area contributed by atoms with Crippen LogP contribution in [0.4, 0.5) is 17.1 Å². The van der Waals surface area contributed by atoms with Crippen molar-refractivity contribution in [2.75, 3.05) is 23.4 Å². The summed E-state index contributed by atoms with van der Waals surface area (Å²) in [5, 5.41) is 13.9. The Bertz CT molecular complexity index is 931. The van der Waals surface area contributed by atoms with E-state index in [-0.39, 0.29) is 24.5 Å². The number of carbonyl (C=O) groups is 2. The van der Waals surface area contributed by atoms with E-state index >= 15 is 0 Å². The van der Waals surface area contributed by atoms with Gasteiger partial charge in [-0.05, 0) is 38.0 Å². The van der Waals surface area contributed by atoms with Crippen molar-refractivity contribution in [2.24, 2.45) is 0 Å². The second-order valence-corrected chi connectivity index (χ2v) is 6.50. The van der Waals surface area contributed by atoms with E-state index in [1.165, 1.54) is 23.1 Å². The molecule has 1 aliphatic rings. The first-order valence-corrected chi connectivity index (χ1v) is 8.35. The largest absolute Gasteiger partial charge is 0.482 e. The van der Waals surface area contributed by atoms with Crippen LogP contribution >= 0.6 is 0 Å². The molecule has 2 amide bonds. The van der Waals surface area contributed by atoms with Gasteiger partial charge in [-0.2, -0.15) is 0 Å². The van der Waals surface area contributed by atoms with Gasteiger partial charge in [-0.25, -0.2) is 0 Å². The quantitative estimate of drug-likeness (QED) is 0.659. The lowest BCUT2D eigenvalue weighted by molar-refractivity contribution is -0.384. The number of hydrogen-bond donors (Lipinski definition) is 1. The molecular weight excluding hydrogens is 350 g/mol. The minimum absolute atomic E-state index is 0.178. The van der Waals surface area contributed by atoms with Crippen molar-refractivity contribution < 1.29 is 19.2 Å². The summed E-state index contributed by atoms with van der Waals surface area (Å²) in [6, 6.07) is 7.88. The van der Waals surface area contributed by atoms with Crippen molar-refractivity contribution in [3.8, 4) is 5.75 Å². The fourth-order valence-electron chi connectivity index (χ4n) is 3.18. The zero-order chi connectivity index (χ0) is 19.7. The van der Waals surface area contributed by atoms with Gasteiger partial charge in [0.2, 0.25) is 5.91 Å². The molecule has 0 aromatic heterocycles. The highest BCUT2D eigenvalue weighted by molar-refractivity contribution is 6.05. The molecule has 2 aromatic carbocycles. The van der Waals surface area contributed by atoms with Crippen molar-refractivity contribution in [1.29, 1.82) is 0 Å². The monoisotopic (exact) mass is 369 g/mol. The van der Waals surface area contributed by atoms with E-state index in [1.54, 1.807) is 0 Å². The lowest BCUT2D eigenvalue weighted by Gasteiger charge is -2.28. The lowest BCUT2D eigenvalue weighted by atomic mass is 10.1. The van der Waals surface area contributed by atoms with Crippen LogP contribution in [0.1, 0.15) is 16.7 Å². The van der Waals surface area contributed by atoms with E-state index in [0.29, 0.717) is 11.4 Å². The van der Waals surface area contributed by atoms with Gasteiger partial charge in [0, 0.05) is 17.8 Å². The summed E-state index contributed by atoms with van der Waals surface area (Å²) in [5.41, 5.74) is 3.67. The van der Waals surface area contributed by atoms with Crippen molar-refractivity contribution in [2.45, 2.75) is 20.8 Å². The highest BCUT2D eigenvalue weighted by atomic mass is 16.6. The summed E-state index contributed by atoms with van der Waals surface area (Å²) >= 11 is 0. The molecule has 2 aromatic rings. The SMILES string of the molecule is Cc1cc(C)c(NC(=O)CN2C(=O)COc3ccc([N+](=O)[O-])cc32)c(C)c1. The molecule has 0 saturated carbocycles. The van der Waals surface area contributed by atoms with Gasteiger partial charge in [0.05, 0.1) is 10.6 Å². The van der Waals surface area contributed by atoms with Gasteiger partial charge in [-0.1, -0.05) is 17.7 Å². The fourth-order valence-corrected chi connectivity index (χ4v) is 3.18. The molecule has 0 bridgehead atoms. The Hall–Kier alpha value is -3.42. The number of ether oxygens (including phenoxy) is 1. The fraction of sp³-hybridized carbons (Fsp3) is 0.263. The van der Waals surface area contributed by atoms with E-state index < -0.39 is 16.7 Å². The second kappa shape index (κ2) is 7.06. The third-order valence-electron chi connectivity index (χ3n) is 4.34. The summed E-state index contributed by atoms with van der Waals surface area (Å²) in [6.07, 6.45) is 0. The number of carbonyl (C=O) groups excluding carboxylic acids is 2. The number of nitrogens with zero attached hydrogens (tertiary/aromatic N) is 2.